The zero-order valence-electron chi connectivity index (χ0n) is 14.1. The summed E-state index contributed by atoms with van der Waals surface area (Å²) in [5.74, 6) is -0.288. The summed E-state index contributed by atoms with van der Waals surface area (Å²) in [6, 6.07) is 8.74. The van der Waals surface area contributed by atoms with Gasteiger partial charge in [-0.25, -0.2) is 12.8 Å². The van der Waals surface area contributed by atoms with Crippen LogP contribution in [-0.4, -0.2) is 18.5 Å². The van der Waals surface area contributed by atoms with Crippen LogP contribution in [0.4, 0.5) is 15.8 Å². The van der Waals surface area contributed by atoms with Crippen LogP contribution >= 0.6 is 0 Å². The van der Waals surface area contributed by atoms with Crippen LogP contribution in [0.3, 0.4) is 0 Å². The van der Waals surface area contributed by atoms with Crippen molar-refractivity contribution >= 4 is 37.7 Å². The van der Waals surface area contributed by atoms with Gasteiger partial charge in [-0.3, -0.25) is 4.98 Å². The summed E-state index contributed by atoms with van der Waals surface area (Å²) >= 11 is 0. The summed E-state index contributed by atoms with van der Waals surface area (Å²) in [6.45, 7) is 0. The fourth-order valence-corrected chi connectivity index (χ4v) is 5.05. The van der Waals surface area contributed by atoms with Gasteiger partial charge in [0, 0.05) is 28.7 Å². The number of halogens is 1. The minimum absolute atomic E-state index is 0.0704. The van der Waals surface area contributed by atoms with Crippen LogP contribution in [0.15, 0.2) is 52.9 Å². The molecule has 5 nitrogen and oxygen atoms in total. The summed E-state index contributed by atoms with van der Waals surface area (Å²) < 4.78 is 39.2. The largest absolute Gasteiger partial charge is 0.508 e. The van der Waals surface area contributed by atoms with Gasteiger partial charge in [-0.2, -0.15) is 0 Å². The fraction of sp³-hybridized carbons (Fsp3) is 0.150. The lowest BCUT2D eigenvalue weighted by atomic mass is 10.0. The molecule has 1 aliphatic heterocycles. The maximum atomic E-state index is 14.1. The van der Waals surface area contributed by atoms with E-state index < -0.39 is 15.7 Å². The third-order valence-electron chi connectivity index (χ3n) is 4.98. The molecule has 3 aromatic rings. The average Bonchev–Trinajstić information content (AvgIpc) is 3.43. The Hall–Kier alpha value is -2.93. The number of aromatic nitrogens is 1. The van der Waals surface area contributed by atoms with Gasteiger partial charge in [-0.05, 0) is 60.2 Å². The van der Waals surface area contributed by atoms with Crippen LogP contribution in [0.25, 0.3) is 16.5 Å². The first-order chi connectivity index (χ1) is 12.9. The molecule has 2 heterocycles. The zero-order chi connectivity index (χ0) is 18.8. The molecule has 2 aromatic carbocycles. The van der Waals surface area contributed by atoms with Crippen LogP contribution in [0.2, 0.25) is 0 Å². The number of allylic oxidation sites excluding steroid dienone is 1. The molecule has 0 amide bonds. The van der Waals surface area contributed by atoms with Gasteiger partial charge in [-0.15, -0.1) is 0 Å². The number of phenols is 1. The molecule has 0 bridgehead atoms. The molecule has 7 heteroatoms. The Labute approximate surface area is 155 Å². The SMILES string of the molecule is O=S1(=O)C=C(C2CC2)c2cc3nccc(Nc4cc(O)ccc4F)c3cc21. The van der Waals surface area contributed by atoms with Crippen LogP contribution < -0.4 is 5.32 Å². The number of sulfone groups is 1. The van der Waals surface area contributed by atoms with Crippen molar-refractivity contribution < 1.29 is 17.9 Å². The van der Waals surface area contributed by atoms with E-state index in [1.54, 1.807) is 24.4 Å². The lowest BCUT2D eigenvalue weighted by Gasteiger charge is -2.12. The molecule has 0 unspecified atom stereocenters. The van der Waals surface area contributed by atoms with Crippen LogP contribution in [0.1, 0.15) is 18.4 Å². The highest BCUT2D eigenvalue weighted by Crippen LogP contribution is 2.49. The Balaban J connectivity index is 1.67. The standard InChI is InChI=1S/C20H15FN2O3S/c21-16-4-3-12(24)7-19(16)23-17-5-6-22-18-8-13-15(11-1-2-11)10-27(25,26)20(13)9-14(17)18/h3-11,24H,1-2H2,(H,22,23). The Morgan fingerprint density at radius 3 is 2.70 bits per heavy atom. The van der Waals surface area contributed by atoms with Gasteiger partial charge in [0.1, 0.15) is 11.6 Å². The Morgan fingerprint density at radius 2 is 1.93 bits per heavy atom. The third-order valence-corrected chi connectivity index (χ3v) is 6.49. The van der Waals surface area contributed by atoms with Crippen molar-refractivity contribution in [2.75, 3.05) is 5.32 Å². The predicted octanol–water partition coefficient (Wildman–Crippen LogP) is 4.36. The molecular formula is C20H15FN2O3S. The van der Waals surface area contributed by atoms with E-state index >= 15 is 0 Å². The zero-order valence-corrected chi connectivity index (χ0v) is 14.9. The number of pyridine rings is 1. The van der Waals surface area contributed by atoms with Crippen molar-refractivity contribution in [3.63, 3.8) is 0 Å². The molecule has 1 saturated carbocycles. The first kappa shape index (κ1) is 16.3. The number of benzene rings is 2. The smallest absolute Gasteiger partial charge is 0.200 e. The van der Waals surface area contributed by atoms with Gasteiger partial charge in [-0.1, -0.05) is 0 Å². The van der Waals surface area contributed by atoms with Crippen molar-refractivity contribution in [3.05, 3.63) is 59.4 Å². The monoisotopic (exact) mass is 382 g/mol. The summed E-state index contributed by atoms with van der Waals surface area (Å²) in [6.07, 6.45) is 3.59. The van der Waals surface area contributed by atoms with Crippen LogP contribution in [0, 0.1) is 11.7 Å². The molecule has 5 rings (SSSR count). The maximum Gasteiger partial charge on any atom is 0.200 e. The number of phenolic OH excluding ortho intramolecular Hbond substituents is 1. The van der Waals surface area contributed by atoms with Gasteiger partial charge >= 0.3 is 0 Å². The number of hydrogen-bond acceptors (Lipinski definition) is 5. The number of nitrogens with zero attached hydrogens (tertiary/aromatic N) is 1. The number of fused-ring (bicyclic) bond motifs is 2. The first-order valence-electron chi connectivity index (χ1n) is 8.58. The van der Waals surface area contributed by atoms with Gasteiger partial charge in [0.25, 0.3) is 0 Å². The van der Waals surface area contributed by atoms with Crippen molar-refractivity contribution in [3.8, 4) is 5.75 Å². The van der Waals surface area contributed by atoms with E-state index in [0.29, 0.717) is 22.5 Å². The van der Waals surface area contributed by atoms with E-state index in [9.17, 15) is 17.9 Å². The van der Waals surface area contributed by atoms with Crippen LogP contribution in [0.5, 0.6) is 5.75 Å². The molecule has 0 atom stereocenters. The van der Waals surface area contributed by atoms with Crippen molar-refractivity contribution in [2.24, 2.45) is 5.92 Å². The van der Waals surface area contributed by atoms with Crippen molar-refractivity contribution in [2.45, 2.75) is 17.7 Å². The topological polar surface area (TPSA) is 79.3 Å². The molecule has 136 valence electrons. The second kappa shape index (κ2) is 5.53. The lowest BCUT2D eigenvalue weighted by Crippen LogP contribution is -1.98. The quantitative estimate of drug-likeness (QED) is 0.704. The highest BCUT2D eigenvalue weighted by Gasteiger charge is 2.36. The van der Waals surface area contributed by atoms with Gasteiger partial charge in [0.05, 0.1) is 16.1 Å². The van der Waals surface area contributed by atoms with Gasteiger partial charge in [0.2, 0.25) is 9.84 Å². The number of rotatable bonds is 3. The summed E-state index contributed by atoms with van der Waals surface area (Å²) in [4.78, 5) is 4.63. The van der Waals surface area contributed by atoms with Crippen molar-refractivity contribution in [1.82, 2.24) is 4.98 Å². The predicted molar refractivity (Wildman–Crippen MR) is 101 cm³/mol. The van der Waals surface area contributed by atoms with Gasteiger partial charge < -0.3 is 10.4 Å². The molecule has 0 spiro atoms. The molecule has 1 fully saturated rings. The minimum Gasteiger partial charge on any atom is -0.508 e. The first-order valence-corrected chi connectivity index (χ1v) is 10.1. The molecule has 0 radical (unpaired) electrons. The summed E-state index contributed by atoms with van der Waals surface area (Å²) in [5, 5.41) is 14.5. The summed E-state index contributed by atoms with van der Waals surface area (Å²) in [7, 11) is -3.49. The maximum absolute atomic E-state index is 14.1. The van der Waals surface area contributed by atoms with Crippen LogP contribution in [-0.2, 0) is 9.84 Å². The third kappa shape index (κ3) is 2.66. The van der Waals surface area contributed by atoms with Gasteiger partial charge in [0.15, 0.2) is 0 Å². The number of hydrogen-bond donors (Lipinski definition) is 2. The number of nitrogens with one attached hydrogen (secondary N) is 1. The Morgan fingerprint density at radius 1 is 1.11 bits per heavy atom. The normalized spacial score (nSPS) is 17.6. The van der Waals surface area contributed by atoms with Crippen molar-refractivity contribution in [1.29, 1.82) is 0 Å². The number of aromatic hydroxyl groups is 1. The van der Waals surface area contributed by atoms with E-state index in [2.05, 4.69) is 10.3 Å². The van der Waals surface area contributed by atoms with E-state index in [-0.39, 0.29) is 16.3 Å². The molecule has 27 heavy (non-hydrogen) atoms. The molecular weight excluding hydrogens is 367 g/mol. The Kier molecular flexibility index (Phi) is 3.33. The number of anilines is 2. The average molecular weight is 382 g/mol. The molecule has 2 N–H and O–H groups in total. The second-order valence-corrected chi connectivity index (χ2v) is 8.67. The van der Waals surface area contributed by atoms with E-state index in [1.165, 1.54) is 17.5 Å². The lowest BCUT2D eigenvalue weighted by molar-refractivity contribution is 0.473. The highest BCUT2D eigenvalue weighted by atomic mass is 32.2. The molecule has 1 aliphatic carbocycles. The molecule has 0 saturated heterocycles. The van der Waals surface area contributed by atoms with E-state index in [4.69, 9.17) is 0 Å². The van der Waals surface area contributed by atoms with E-state index in [0.717, 1.165) is 30.0 Å². The Bertz CT molecular complexity index is 1250. The minimum atomic E-state index is -3.49. The summed E-state index contributed by atoms with van der Waals surface area (Å²) in [5.41, 5.74) is 2.83. The highest BCUT2D eigenvalue weighted by molar-refractivity contribution is 7.95. The fourth-order valence-electron chi connectivity index (χ4n) is 3.50. The molecule has 2 aliphatic rings. The molecule has 1 aromatic heterocycles. The second-order valence-electron chi connectivity index (χ2n) is 6.91. The van der Waals surface area contributed by atoms with E-state index in [1.807, 2.05) is 0 Å².